The summed E-state index contributed by atoms with van der Waals surface area (Å²) in [7, 11) is 2.17. The van der Waals surface area contributed by atoms with Gasteiger partial charge in [-0.3, -0.25) is 0 Å². The predicted octanol–water partition coefficient (Wildman–Crippen LogP) is 5.14. The van der Waals surface area contributed by atoms with E-state index >= 15 is 0 Å². The second-order valence-corrected chi connectivity index (χ2v) is 7.48. The lowest BCUT2D eigenvalue weighted by Crippen LogP contribution is -2.27. The molecular weight excluding hydrogens is 407 g/mol. The lowest BCUT2D eigenvalue weighted by Gasteiger charge is -2.08. The minimum absolute atomic E-state index is 1.26. The number of aryl methyl sites for hydroxylation is 2. The quantitative estimate of drug-likeness (QED) is 0.185. The highest BCUT2D eigenvalue weighted by Crippen LogP contribution is 2.34. The number of rotatable bonds is 0. The van der Waals surface area contributed by atoms with E-state index in [1.54, 1.807) is 0 Å². The largest absolute Gasteiger partial charge is 0.295 e. The smallest absolute Gasteiger partial charge is 0.225 e. The molecule has 0 amide bonds. The zero-order valence-electron chi connectivity index (χ0n) is 13.5. The lowest BCUT2D eigenvalue weighted by molar-refractivity contribution is -0.617. The maximum atomic E-state index is 2.44. The Balaban J connectivity index is 2.29. The first-order chi connectivity index (χ1) is 11.7. The zero-order valence-corrected chi connectivity index (χ0v) is 15.7. The Morgan fingerprint density at radius 1 is 0.833 bits per heavy atom. The molecule has 0 aliphatic heterocycles. The van der Waals surface area contributed by atoms with Crippen molar-refractivity contribution >= 4 is 60.9 Å². The fourth-order valence-electron chi connectivity index (χ4n) is 3.93. The molecule has 3 aromatic carbocycles. The fourth-order valence-corrected chi connectivity index (χ4v) is 4.38. The molecule has 116 valence electrons. The second kappa shape index (κ2) is 4.93. The van der Waals surface area contributed by atoms with Gasteiger partial charge in [0.25, 0.3) is 5.65 Å². The number of hydrogen-bond donors (Lipinski definition) is 0. The molecule has 0 radical (unpaired) electrons. The monoisotopic (exact) mass is 423 g/mol. The maximum Gasteiger partial charge on any atom is 0.295 e. The summed E-state index contributed by atoms with van der Waals surface area (Å²) in [6, 6.07) is 21.9. The third-order valence-electron chi connectivity index (χ3n) is 5.07. The molecule has 0 aliphatic rings. The Kier molecular flexibility index (Phi) is 2.92. The summed E-state index contributed by atoms with van der Waals surface area (Å²) in [5.74, 6) is 0. The van der Waals surface area contributed by atoms with Crippen LogP contribution < -0.4 is 4.57 Å². The molecular formula is C21H16IN2+. The molecule has 0 bridgehead atoms. The molecule has 5 aromatic rings. The number of hydrogen-bond acceptors (Lipinski definition) is 0. The highest BCUT2D eigenvalue weighted by molar-refractivity contribution is 14.1. The Hall–Kier alpha value is -2.14. The van der Waals surface area contributed by atoms with E-state index in [2.05, 4.69) is 106 Å². The van der Waals surface area contributed by atoms with Gasteiger partial charge in [-0.2, -0.15) is 4.40 Å². The van der Waals surface area contributed by atoms with E-state index in [1.165, 1.54) is 47.5 Å². The maximum absolute atomic E-state index is 2.44. The number of fused-ring (bicyclic) bond motifs is 8. The topological polar surface area (TPSA) is 8.29 Å². The van der Waals surface area contributed by atoms with E-state index in [0.29, 0.717) is 0 Å². The third kappa shape index (κ3) is 1.68. The van der Waals surface area contributed by atoms with E-state index in [-0.39, 0.29) is 0 Å². The van der Waals surface area contributed by atoms with Crippen LogP contribution in [0.25, 0.3) is 38.4 Å². The van der Waals surface area contributed by atoms with Gasteiger partial charge in [-0.1, -0.05) is 36.4 Å². The average Bonchev–Trinajstić information content (AvgIpc) is 2.91. The molecule has 0 unspecified atom stereocenters. The molecule has 2 aromatic heterocycles. The highest BCUT2D eigenvalue weighted by atomic mass is 127. The van der Waals surface area contributed by atoms with Gasteiger partial charge in [0.15, 0.2) is 11.0 Å². The normalized spacial score (nSPS) is 12.0. The van der Waals surface area contributed by atoms with Crippen LogP contribution in [0.2, 0.25) is 0 Å². The molecule has 5 rings (SSSR count). The van der Waals surface area contributed by atoms with E-state index in [9.17, 15) is 0 Å². The molecule has 0 fully saturated rings. The molecule has 0 saturated heterocycles. The van der Waals surface area contributed by atoms with Crippen LogP contribution in [0.4, 0.5) is 0 Å². The van der Waals surface area contributed by atoms with Crippen molar-refractivity contribution in [2.24, 2.45) is 7.05 Å². The van der Waals surface area contributed by atoms with E-state index in [0.717, 1.165) is 0 Å². The van der Waals surface area contributed by atoms with Crippen LogP contribution in [0.1, 0.15) is 5.56 Å². The standard InChI is InChI=1S/C21H16IN2/c1-13-16(22)12-11-15-14-7-3-4-8-17(14)24-19-10-6-5-9-18(19)23(2)21(24)20(13)15/h3-12H,1-2H3/q+1. The second-order valence-electron chi connectivity index (χ2n) is 6.32. The van der Waals surface area contributed by atoms with Crippen LogP contribution in [0.15, 0.2) is 60.7 Å². The molecule has 0 aliphatic carbocycles. The van der Waals surface area contributed by atoms with Crippen LogP contribution in [-0.4, -0.2) is 4.40 Å². The Morgan fingerprint density at radius 3 is 2.38 bits per heavy atom. The van der Waals surface area contributed by atoms with Crippen molar-refractivity contribution < 1.29 is 4.57 Å². The molecule has 0 atom stereocenters. The van der Waals surface area contributed by atoms with Gasteiger partial charge in [0.2, 0.25) is 0 Å². The van der Waals surface area contributed by atoms with Crippen molar-refractivity contribution in [2.45, 2.75) is 6.92 Å². The predicted molar refractivity (Wildman–Crippen MR) is 109 cm³/mol. The third-order valence-corrected chi connectivity index (χ3v) is 6.24. The molecule has 0 saturated carbocycles. The number of pyridine rings is 1. The SMILES string of the molecule is Cc1c(I)ccc2c3ccccc3n3c4ccccc4[n+](C)c3c12. The summed E-state index contributed by atoms with van der Waals surface area (Å²) in [6.45, 7) is 2.23. The van der Waals surface area contributed by atoms with E-state index in [1.807, 2.05) is 0 Å². The van der Waals surface area contributed by atoms with E-state index in [4.69, 9.17) is 0 Å². The summed E-state index contributed by atoms with van der Waals surface area (Å²) < 4.78 is 6.05. The Bertz CT molecular complexity index is 1280. The van der Waals surface area contributed by atoms with Crippen molar-refractivity contribution in [2.75, 3.05) is 0 Å². The van der Waals surface area contributed by atoms with Gasteiger partial charge in [-0.25, -0.2) is 4.57 Å². The van der Waals surface area contributed by atoms with Crippen LogP contribution >= 0.6 is 22.6 Å². The van der Waals surface area contributed by atoms with Crippen LogP contribution in [0.3, 0.4) is 0 Å². The van der Waals surface area contributed by atoms with Crippen molar-refractivity contribution in [1.82, 2.24) is 4.40 Å². The first kappa shape index (κ1) is 14.2. The Labute approximate surface area is 153 Å². The number of imidazole rings is 1. The van der Waals surface area contributed by atoms with Gasteiger partial charge in [0, 0.05) is 14.3 Å². The molecule has 24 heavy (non-hydrogen) atoms. The average molecular weight is 423 g/mol. The lowest BCUT2D eigenvalue weighted by atomic mass is 10.0. The summed E-state index contributed by atoms with van der Waals surface area (Å²) in [6.07, 6.45) is 0. The summed E-state index contributed by atoms with van der Waals surface area (Å²) >= 11 is 2.44. The van der Waals surface area contributed by atoms with Gasteiger partial charge in [-0.15, -0.1) is 0 Å². The summed E-state index contributed by atoms with van der Waals surface area (Å²) in [5, 5.41) is 3.98. The first-order valence-corrected chi connectivity index (χ1v) is 9.15. The number of aromatic nitrogens is 2. The number of para-hydroxylation sites is 3. The van der Waals surface area contributed by atoms with Crippen LogP contribution in [0, 0.1) is 10.5 Å². The highest BCUT2D eigenvalue weighted by Gasteiger charge is 2.24. The van der Waals surface area contributed by atoms with Crippen molar-refractivity contribution in [1.29, 1.82) is 0 Å². The van der Waals surface area contributed by atoms with Gasteiger partial charge < -0.3 is 0 Å². The van der Waals surface area contributed by atoms with Gasteiger partial charge in [0.1, 0.15) is 5.52 Å². The van der Waals surface area contributed by atoms with Crippen molar-refractivity contribution in [3.05, 3.63) is 69.8 Å². The van der Waals surface area contributed by atoms with E-state index < -0.39 is 0 Å². The molecule has 0 spiro atoms. The van der Waals surface area contributed by atoms with Gasteiger partial charge >= 0.3 is 0 Å². The van der Waals surface area contributed by atoms with Crippen LogP contribution in [-0.2, 0) is 7.05 Å². The number of nitrogens with zero attached hydrogens (tertiary/aromatic N) is 2. The molecule has 3 heteroatoms. The number of benzene rings is 3. The zero-order chi connectivity index (χ0) is 16.4. The summed E-state index contributed by atoms with van der Waals surface area (Å²) in [4.78, 5) is 0. The summed E-state index contributed by atoms with van der Waals surface area (Å²) in [5.41, 5.74) is 6.39. The molecule has 2 heterocycles. The molecule has 0 N–H and O–H groups in total. The Morgan fingerprint density at radius 2 is 1.54 bits per heavy atom. The fraction of sp³-hybridized carbons (Fsp3) is 0.0952. The van der Waals surface area contributed by atoms with Gasteiger partial charge in [0.05, 0.1) is 12.4 Å². The van der Waals surface area contributed by atoms with Crippen molar-refractivity contribution in [3.8, 4) is 0 Å². The van der Waals surface area contributed by atoms with Crippen LogP contribution in [0.5, 0.6) is 0 Å². The van der Waals surface area contributed by atoms with Gasteiger partial charge in [-0.05, 0) is 59.3 Å². The first-order valence-electron chi connectivity index (χ1n) is 8.07. The molecule has 2 nitrogen and oxygen atoms in total. The minimum Gasteiger partial charge on any atom is -0.225 e. The number of halogens is 1. The minimum atomic E-state index is 1.26. The van der Waals surface area contributed by atoms with Crippen molar-refractivity contribution in [3.63, 3.8) is 0 Å².